The molecule has 0 saturated carbocycles. The van der Waals surface area contributed by atoms with Crippen LogP contribution < -0.4 is 0 Å². The molecule has 0 aliphatic carbocycles. The van der Waals surface area contributed by atoms with Crippen LogP contribution in [0, 0.1) is 5.82 Å². The lowest BCUT2D eigenvalue weighted by Crippen LogP contribution is -2.35. The van der Waals surface area contributed by atoms with Crippen LogP contribution in [0.1, 0.15) is 29.6 Å². The number of aromatic nitrogens is 5. The van der Waals surface area contributed by atoms with Crippen LogP contribution in [0.4, 0.5) is 4.39 Å². The van der Waals surface area contributed by atoms with Gasteiger partial charge in [-0.2, -0.15) is 5.10 Å². The van der Waals surface area contributed by atoms with Gasteiger partial charge in [0.2, 0.25) is 6.39 Å². The minimum atomic E-state index is -0.583. The Labute approximate surface area is 165 Å². The summed E-state index contributed by atoms with van der Waals surface area (Å²) in [5, 5.41) is 11.6. The highest BCUT2D eigenvalue weighted by atomic mass is 19.1. The van der Waals surface area contributed by atoms with E-state index >= 15 is 0 Å². The molecule has 0 N–H and O–H groups in total. The van der Waals surface area contributed by atoms with Gasteiger partial charge in [0.1, 0.15) is 0 Å². The van der Waals surface area contributed by atoms with Crippen molar-refractivity contribution in [3.8, 4) is 22.8 Å². The first-order valence-electron chi connectivity index (χ1n) is 9.41. The van der Waals surface area contributed by atoms with Crippen molar-refractivity contribution in [1.82, 2.24) is 29.7 Å². The zero-order valence-corrected chi connectivity index (χ0v) is 15.5. The Bertz CT molecular complexity index is 1180. The van der Waals surface area contributed by atoms with E-state index in [-0.39, 0.29) is 17.5 Å². The minimum Gasteiger partial charge on any atom is -0.422 e. The molecule has 0 radical (unpaired) electrons. The number of pyridine rings is 2. The molecule has 146 valence electrons. The van der Waals surface area contributed by atoms with Gasteiger partial charge < -0.3 is 9.32 Å². The molecule has 0 atom stereocenters. The second kappa shape index (κ2) is 7.08. The van der Waals surface area contributed by atoms with Gasteiger partial charge in [-0.15, -0.1) is 10.2 Å². The Kier molecular flexibility index (Phi) is 4.27. The van der Waals surface area contributed by atoms with Crippen molar-refractivity contribution in [3.05, 3.63) is 54.4 Å². The van der Waals surface area contributed by atoms with Gasteiger partial charge in [-0.25, -0.2) is 13.9 Å². The fraction of sp³-hybridized carbons (Fsp3) is 0.250. The van der Waals surface area contributed by atoms with Crippen molar-refractivity contribution in [2.75, 3.05) is 13.1 Å². The van der Waals surface area contributed by atoms with E-state index in [0.29, 0.717) is 22.3 Å². The van der Waals surface area contributed by atoms with E-state index < -0.39 is 5.82 Å². The van der Waals surface area contributed by atoms with Crippen LogP contribution in [0.2, 0.25) is 0 Å². The predicted octanol–water partition coefficient (Wildman–Crippen LogP) is 3.21. The van der Waals surface area contributed by atoms with Crippen LogP contribution in [0.25, 0.3) is 28.4 Å². The first kappa shape index (κ1) is 17.5. The Hall–Kier alpha value is -3.62. The van der Waals surface area contributed by atoms with Gasteiger partial charge >= 0.3 is 0 Å². The standard InChI is InChI=1S/C20H17FN6O2/c21-15-9-13(10-22-18(15)19-25-23-12-29-19)16-5-4-6-17-14(11-24-27(16)17)20(28)26-7-2-1-3-8-26/h4-6,9-12H,1-3,7-8H2. The molecule has 1 amide bonds. The van der Waals surface area contributed by atoms with Gasteiger partial charge in [-0.3, -0.25) is 4.79 Å². The van der Waals surface area contributed by atoms with E-state index in [4.69, 9.17) is 4.42 Å². The SMILES string of the molecule is O=C(c1cnn2c(-c3cnc(-c4nnco4)c(F)c3)cccc12)N1CCCCC1. The Morgan fingerprint density at radius 3 is 2.76 bits per heavy atom. The maximum atomic E-state index is 14.6. The summed E-state index contributed by atoms with van der Waals surface area (Å²) in [5.74, 6) is -0.589. The molecule has 0 bridgehead atoms. The monoisotopic (exact) mass is 392 g/mol. The van der Waals surface area contributed by atoms with Gasteiger partial charge in [0.05, 0.1) is 23.0 Å². The molecule has 0 aromatic carbocycles. The zero-order chi connectivity index (χ0) is 19.8. The quantitative estimate of drug-likeness (QED) is 0.532. The topological polar surface area (TPSA) is 89.4 Å². The number of halogens is 1. The highest BCUT2D eigenvalue weighted by Crippen LogP contribution is 2.26. The fourth-order valence-corrected chi connectivity index (χ4v) is 3.67. The number of piperidine rings is 1. The van der Waals surface area contributed by atoms with Crippen molar-refractivity contribution < 1.29 is 13.6 Å². The third-order valence-corrected chi connectivity index (χ3v) is 5.12. The number of likely N-dealkylation sites (tertiary alicyclic amines) is 1. The highest BCUT2D eigenvalue weighted by molar-refractivity contribution is 6.01. The van der Waals surface area contributed by atoms with Crippen LogP contribution in [0.3, 0.4) is 0 Å². The number of amides is 1. The number of hydrogen-bond acceptors (Lipinski definition) is 6. The molecule has 8 nitrogen and oxygen atoms in total. The summed E-state index contributed by atoms with van der Waals surface area (Å²) in [5.41, 5.74) is 2.36. The molecule has 9 heteroatoms. The third-order valence-electron chi connectivity index (χ3n) is 5.12. The van der Waals surface area contributed by atoms with Crippen LogP contribution in [-0.4, -0.2) is 48.7 Å². The van der Waals surface area contributed by atoms with E-state index in [1.165, 1.54) is 12.3 Å². The summed E-state index contributed by atoms with van der Waals surface area (Å²) in [7, 11) is 0. The van der Waals surface area contributed by atoms with E-state index in [9.17, 15) is 9.18 Å². The second-order valence-corrected chi connectivity index (χ2v) is 6.92. The smallest absolute Gasteiger partial charge is 0.269 e. The van der Waals surface area contributed by atoms with E-state index in [2.05, 4.69) is 20.3 Å². The van der Waals surface area contributed by atoms with Crippen LogP contribution in [-0.2, 0) is 0 Å². The normalized spacial score (nSPS) is 14.4. The number of carbonyl (C=O) groups is 1. The zero-order valence-electron chi connectivity index (χ0n) is 15.5. The van der Waals surface area contributed by atoms with Crippen LogP contribution >= 0.6 is 0 Å². The molecular weight excluding hydrogens is 375 g/mol. The summed E-state index contributed by atoms with van der Waals surface area (Å²) < 4.78 is 21.3. The number of nitrogens with zero attached hydrogens (tertiary/aromatic N) is 6. The van der Waals surface area contributed by atoms with Crippen LogP contribution in [0.5, 0.6) is 0 Å². The average Bonchev–Trinajstić information content (AvgIpc) is 3.44. The first-order valence-corrected chi connectivity index (χ1v) is 9.41. The lowest BCUT2D eigenvalue weighted by Gasteiger charge is -2.26. The Balaban J connectivity index is 1.54. The molecule has 4 aromatic rings. The number of carbonyl (C=O) groups excluding carboxylic acids is 1. The minimum absolute atomic E-state index is 0.0140. The van der Waals surface area contributed by atoms with Crippen molar-refractivity contribution in [3.63, 3.8) is 0 Å². The average molecular weight is 392 g/mol. The summed E-state index contributed by atoms with van der Waals surface area (Å²) >= 11 is 0. The van der Waals surface area contributed by atoms with Crippen molar-refractivity contribution in [2.45, 2.75) is 19.3 Å². The lowest BCUT2D eigenvalue weighted by molar-refractivity contribution is 0.0726. The lowest BCUT2D eigenvalue weighted by atomic mass is 10.1. The fourth-order valence-electron chi connectivity index (χ4n) is 3.67. The molecule has 4 aromatic heterocycles. The molecule has 29 heavy (non-hydrogen) atoms. The van der Waals surface area contributed by atoms with Crippen molar-refractivity contribution in [1.29, 1.82) is 0 Å². The van der Waals surface area contributed by atoms with Gasteiger partial charge in [0, 0.05) is 24.8 Å². The molecule has 0 spiro atoms. The van der Waals surface area contributed by atoms with Gasteiger partial charge in [-0.05, 0) is 37.5 Å². The first-order chi connectivity index (χ1) is 14.2. The Morgan fingerprint density at radius 2 is 2.00 bits per heavy atom. The molecule has 5 heterocycles. The summed E-state index contributed by atoms with van der Waals surface area (Å²) in [6, 6.07) is 6.81. The number of rotatable bonds is 3. The molecule has 1 aliphatic rings. The molecule has 0 unspecified atom stereocenters. The number of fused-ring (bicyclic) bond motifs is 1. The highest BCUT2D eigenvalue weighted by Gasteiger charge is 2.22. The van der Waals surface area contributed by atoms with Gasteiger partial charge in [-0.1, -0.05) is 6.07 Å². The maximum absolute atomic E-state index is 14.6. The molecule has 5 rings (SSSR count). The van der Waals surface area contributed by atoms with Crippen molar-refractivity contribution >= 4 is 11.4 Å². The van der Waals surface area contributed by atoms with E-state index in [1.807, 2.05) is 17.0 Å². The molecular formula is C20H17FN6O2. The van der Waals surface area contributed by atoms with E-state index in [0.717, 1.165) is 38.7 Å². The maximum Gasteiger partial charge on any atom is 0.269 e. The number of hydrogen-bond donors (Lipinski definition) is 0. The summed E-state index contributed by atoms with van der Waals surface area (Å²) in [4.78, 5) is 18.9. The molecule has 1 aliphatic heterocycles. The van der Waals surface area contributed by atoms with Gasteiger partial charge in [0.15, 0.2) is 11.5 Å². The van der Waals surface area contributed by atoms with Crippen molar-refractivity contribution in [2.24, 2.45) is 0 Å². The molecule has 1 saturated heterocycles. The predicted molar refractivity (Wildman–Crippen MR) is 101 cm³/mol. The third kappa shape index (κ3) is 3.04. The molecule has 1 fully saturated rings. The van der Waals surface area contributed by atoms with E-state index in [1.54, 1.807) is 16.8 Å². The second-order valence-electron chi connectivity index (χ2n) is 6.92. The largest absolute Gasteiger partial charge is 0.422 e. The summed E-state index contributed by atoms with van der Waals surface area (Å²) in [6.07, 6.45) is 7.41. The summed E-state index contributed by atoms with van der Waals surface area (Å²) in [6.45, 7) is 1.53. The van der Waals surface area contributed by atoms with Gasteiger partial charge in [0.25, 0.3) is 11.8 Å². The van der Waals surface area contributed by atoms with Crippen LogP contribution in [0.15, 0.2) is 47.5 Å². The Morgan fingerprint density at radius 1 is 1.14 bits per heavy atom.